The summed E-state index contributed by atoms with van der Waals surface area (Å²) in [6.45, 7) is 3.47. The summed E-state index contributed by atoms with van der Waals surface area (Å²) in [5.74, 6) is -1.08. The van der Waals surface area contributed by atoms with Gasteiger partial charge < -0.3 is 19.9 Å². The summed E-state index contributed by atoms with van der Waals surface area (Å²) in [5, 5.41) is 11.8. The minimum atomic E-state index is -1.08. The predicted molar refractivity (Wildman–Crippen MR) is 71.3 cm³/mol. The number of halogens is 1. The van der Waals surface area contributed by atoms with E-state index in [1.165, 1.54) is 12.1 Å². The monoisotopic (exact) mass is 299 g/mol. The highest BCUT2D eigenvalue weighted by molar-refractivity contribution is 6.32. The average molecular weight is 300 g/mol. The molecule has 0 aliphatic carbocycles. The van der Waals surface area contributed by atoms with Gasteiger partial charge in [0.2, 0.25) is 6.79 Å². The fourth-order valence-corrected chi connectivity index (χ4v) is 2.10. The molecule has 0 bridgehead atoms. The number of rotatable bonds is 4. The molecule has 2 rings (SSSR count). The van der Waals surface area contributed by atoms with E-state index < -0.39 is 17.9 Å². The van der Waals surface area contributed by atoms with E-state index in [1.54, 1.807) is 13.8 Å². The standard InChI is InChI=1S/C13H14ClNO5/c1-6(2)10(13(17)18)15-12(16)7-3-8(14)11-9(4-7)19-5-20-11/h3-4,6,10H,5H2,1-2H3,(H,15,16)(H,17,18)/t10-/m1/s1. The van der Waals surface area contributed by atoms with Crippen LogP contribution in [0, 0.1) is 5.92 Å². The summed E-state index contributed by atoms with van der Waals surface area (Å²) in [6, 6.07) is 1.93. The van der Waals surface area contributed by atoms with Gasteiger partial charge in [0, 0.05) is 5.56 Å². The normalized spacial score (nSPS) is 14.2. The highest BCUT2D eigenvalue weighted by atomic mass is 35.5. The molecule has 0 aromatic heterocycles. The molecule has 0 unspecified atom stereocenters. The van der Waals surface area contributed by atoms with Crippen molar-refractivity contribution in [3.8, 4) is 11.5 Å². The van der Waals surface area contributed by atoms with Crippen LogP contribution in [0.2, 0.25) is 5.02 Å². The molecular weight excluding hydrogens is 286 g/mol. The number of aliphatic carboxylic acids is 1. The van der Waals surface area contributed by atoms with Crippen molar-refractivity contribution >= 4 is 23.5 Å². The van der Waals surface area contributed by atoms with Crippen molar-refractivity contribution in [1.82, 2.24) is 5.32 Å². The van der Waals surface area contributed by atoms with E-state index in [0.717, 1.165) is 0 Å². The van der Waals surface area contributed by atoms with Crippen LogP contribution < -0.4 is 14.8 Å². The zero-order valence-corrected chi connectivity index (χ0v) is 11.7. The zero-order chi connectivity index (χ0) is 14.9. The number of hydrogen-bond donors (Lipinski definition) is 2. The van der Waals surface area contributed by atoms with Gasteiger partial charge in [-0.3, -0.25) is 4.79 Å². The number of fused-ring (bicyclic) bond motifs is 1. The molecule has 2 N–H and O–H groups in total. The molecule has 0 spiro atoms. The molecule has 7 heteroatoms. The van der Waals surface area contributed by atoms with Crippen LogP contribution in [0.15, 0.2) is 12.1 Å². The van der Waals surface area contributed by atoms with Gasteiger partial charge in [-0.05, 0) is 18.1 Å². The lowest BCUT2D eigenvalue weighted by Gasteiger charge is -2.18. The van der Waals surface area contributed by atoms with Gasteiger partial charge in [-0.2, -0.15) is 0 Å². The number of carboxylic acids is 1. The van der Waals surface area contributed by atoms with E-state index in [0.29, 0.717) is 11.5 Å². The quantitative estimate of drug-likeness (QED) is 0.887. The number of carbonyl (C=O) groups excluding carboxylic acids is 1. The van der Waals surface area contributed by atoms with E-state index >= 15 is 0 Å². The number of nitrogens with one attached hydrogen (secondary N) is 1. The molecule has 1 aromatic rings. The van der Waals surface area contributed by atoms with Crippen LogP contribution in [0.25, 0.3) is 0 Å². The topological polar surface area (TPSA) is 84.9 Å². The minimum Gasteiger partial charge on any atom is -0.480 e. The Labute approximate surface area is 120 Å². The van der Waals surface area contributed by atoms with Gasteiger partial charge >= 0.3 is 5.97 Å². The van der Waals surface area contributed by atoms with Crippen LogP contribution in [0.3, 0.4) is 0 Å². The Morgan fingerprint density at radius 3 is 2.65 bits per heavy atom. The fourth-order valence-electron chi connectivity index (χ4n) is 1.84. The highest BCUT2D eigenvalue weighted by Gasteiger charge is 2.26. The number of carboxylic acid groups (broad SMARTS) is 1. The molecule has 1 aromatic carbocycles. The largest absolute Gasteiger partial charge is 0.480 e. The fraction of sp³-hybridized carbons (Fsp3) is 0.385. The Bertz CT molecular complexity index is 558. The van der Waals surface area contributed by atoms with Crippen LogP contribution in [0.5, 0.6) is 11.5 Å². The maximum Gasteiger partial charge on any atom is 0.326 e. The third kappa shape index (κ3) is 2.80. The lowest BCUT2D eigenvalue weighted by Crippen LogP contribution is -2.44. The highest BCUT2D eigenvalue weighted by Crippen LogP contribution is 2.39. The molecule has 1 atom stereocenters. The maximum absolute atomic E-state index is 12.1. The van der Waals surface area contributed by atoms with E-state index in [9.17, 15) is 9.59 Å². The van der Waals surface area contributed by atoms with Crippen molar-refractivity contribution in [3.05, 3.63) is 22.7 Å². The Hall–Kier alpha value is -1.95. The predicted octanol–water partition coefficient (Wildman–Crippen LogP) is 1.91. The molecule has 0 fully saturated rings. The van der Waals surface area contributed by atoms with Crippen molar-refractivity contribution in [1.29, 1.82) is 0 Å². The second kappa shape index (κ2) is 5.58. The van der Waals surface area contributed by atoms with Crippen molar-refractivity contribution in [3.63, 3.8) is 0 Å². The Kier molecular flexibility index (Phi) is 4.04. The number of hydrogen-bond acceptors (Lipinski definition) is 4. The molecule has 1 amide bonds. The maximum atomic E-state index is 12.1. The zero-order valence-electron chi connectivity index (χ0n) is 11.0. The second-order valence-corrected chi connectivity index (χ2v) is 5.13. The van der Waals surface area contributed by atoms with Crippen LogP contribution in [-0.2, 0) is 4.79 Å². The Morgan fingerprint density at radius 1 is 1.35 bits per heavy atom. The molecule has 1 aliphatic rings. The Morgan fingerprint density at radius 2 is 2.05 bits per heavy atom. The van der Waals surface area contributed by atoms with Gasteiger partial charge in [-0.25, -0.2) is 4.79 Å². The summed E-state index contributed by atoms with van der Waals surface area (Å²) in [7, 11) is 0. The molecule has 20 heavy (non-hydrogen) atoms. The van der Waals surface area contributed by atoms with Crippen LogP contribution in [0.4, 0.5) is 0 Å². The molecule has 0 saturated heterocycles. The lowest BCUT2D eigenvalue weighted by atomic mass is 10.0. The molecular formula is C13H14ClNO5. The third-order valence-corrected chi connectivity index (χ3v) is 3.19. The average Bonchev–Trinajstić information content (AvgIpc) is 2.83. The van der Waals surface area contributed by atoms with Crippen LogP contribution in [0.1, 0.15) is 24.2 Å². The van der Waals surface area contributed by atoms with Crippen LogP contribution in [-0.4, -0.2) is 29.8 Å². The van der Waals surface area contributed by atoms with Crippen molar-refractivity contribution in [2.24, 2.45) is 5.92 Å². The summed E-state index contributed by atoms with van der Waals surface area (Å²) < 4.78 is 10.3. The van der Waals surface area contributed by atoms with E-state index in [-0.39, 0.29) is 23.3 Å². The van der Waals surface area contributed by atoms with Gasteiger partial charge in [-0.1, -0.05) is 25.4 Å². The second-order valence-electron chi connectivity index (χ2n) is 4.73. The first-order chi connectivity index (χ1) is 9.40. The summed E-state index contributed by atoms with van der Waals surface area (Å²) in [4.78, 5) is 23.2. The first-order valence-electron chi connectivity index (χ1n) is 6.03. The van der Waals surface area contributed by atoms with Crippen molar-refractivity contribution in [2.45, 2.75) is 19.9 Å². The minimum absolute atomic E-state index is 0.0455. The molecule has 1 aliphatic heterocycles. The van der Waals surface area contributed by atoms with E-state index in [1.807, 2.05) is 0 Å². The van der Waals surface area contributed by atoms with Crippen molar-refractivity contribution in [2.75, 3.05) is 6.79 Å². The molecule has 0 saturated carbocycles. The van der Waals surface area contributed by atoms with Gasteiger partial charge in [0.15, 0.2) is 11.5 Å². The van der Waals surface area contributed by atoms with Gasteiger partial charge in [0.25, 0.3) is 5.91 Å². The van der Waals surface area contributed by atoms with Crippen LogP contribution >= 0.6 is 11.6 Å². The van der Waals surface area contributed by atoms with E-state index in [2.05, 4.69) is 5.32 Å². The van der Waals surface area contributed by atoms with Gasteiger partial charge in [-0.15, -0.1) is 0 Å². The molecule has 108 valence electrons. The van der Waals surface area contributed by atoms with Crippen molar-refractivity contribution < 1.29 is 24.2 Å². The molecule has 6 nitrogen and oxygen atoms in total. The smallest absolute Gasteiger partial charge is 0.326 e. The van der Waals surface area contributed by atoms with Gasteiger partial charge in [0.1, 0.15) is 6.04 Å². The summed E-state index contributed by atoms with van der Waals surface area (Å²) in [5.41, 5.74) is 0.228. The number of carbonyl (C=O) groups is 2. The number of amides is 1. The first-order valence-corrected chi connectivity index (χ1v) is 6.40. The molecule has 0 radical (unpaired) electrons. The third-order valence-electron chi connectivity index (χ3n) is 2.91. The molecule has 1 heterocycles. The SMILES string of the molecule is CC(C)[C@@H](NC(=O)c1cc(Cl)c2c(c1)OCO2)C(=O)O. The Balaban J connectivity index is 2.22. The first kappa shape index (κ1) is 14.5. The lowest BCUT2D eigenvalue weighted by molar-refractivity contribution is -0.140. The van der Waals surface area contributed by atoms with Gasteiger partial charge in [0.05, 0.1) is 5.02 Å². The summed E-state index contributed by atoms with van der Waals surface area (Å²) >= 11 is 5.98. The number of ether oxygens (including phenoxy) is 2. The summed E-state index contributed by atoms with van der Waals surface area (Å²) in [6.07, 6.45) is 0. The number of benzene rings is 1. The van der Waals surface area contributed by atoms with E-state index in [4.69, 9.17) is 26.2 Å².